The van der Waals surface area contributed by atoms with Gasteiger partial charge in [0.25, 0.3) is 0 Å². The van der Waals surface area contributed by atoms with E-state index in [2.05, 4.69) is 0 Å². The molecular formula is C13H16F3N. The van der Waals surface area contributed by atoms with Crippen LogP contribution in [-0.2, 0) is 6.18 Å². The van der Waals surface area contributed by atoms with Gasteiger partial charge in [0.2, 0.25) is 0 Å². The summed E-state index contributed by atoms with van der Waals surface area (Å²) in [7, 11) is 0. The molecule has 94 valence electrons. The van der Waals surface area contributed by atoms with Crippen LogP contribution < -0.4 is 5.73 Å². The number of hydrogen-bond donors (Lipinski definition) is 1. The topological polar surface area (TPSA) is 26.0 Å². The molecule has 0 aromatic heterocycles. The van der Waals surface area contributed by atoms with Crippen LogP contribution in [0.15, 0.2) is 29.8 Å². The Labute approximate surface area is 99.1 Å². The average molecular weight is 243 g/mol. The highest BCUT2D eigenvalue weighted by atomic mass is 19.4. The van der Waals surface area contributed by atoms with Crippen molar-refractivity contribution in [1.82, 2.24) is 0 Å². The molecule has 0 saturated heterocycles. The molecule has 0 radical (unpaired) electrons. The zero-order chi connectivity index (χ0) is 13.1. The first-order valence-corrected chi connectivity index (χ1v) is 5.43. The van der Waals surface area contributed by atoms with Gasteiger partial charge in [0.15, 0.2) is 0 Å². The van der Waals surface area contributed by atoms with Crippen LogP contribution in [0.3, 0.4) is 0 Å². The van der Waals surface area contributed by atoms with Gasteiger partial charge in [0, 0.05) is 6.54 Å². The Balaban J connectivity index is 3.23. The van der Waals surface area contributed by atoms with Crippen molar-refractivity contribution in [2.45, 2.75) is 20.0 Å². The van der Waals surface area contributed by atoms with Crippen LogP contribution in [0.2, 0.25) is 0 Å². The lowest BCUT2D eigenvalue weighted by molar-refractivity contribution is -0.137. The van der Waals surface area contributed by atoms with Crippen molar-refractivity contribution in [3.63, 3.8) is 0 Å². The van der Waals surface area contributed by atoms with Crippen molar-refractivity contribution in [2.24, 2.45) is 11.7 Å². The van der Waals surface area contributed by atoms with E-state index in [1.807, 2.05) is 13.8 Å². The van der Waals surface area contributed by atoms with E-state index in [0.717, 1.165) is 11.6 Å². The van der Waals surface area contributed by atoms with E-state index in [4.69, 9.17) is 5.73 Å². The van der Waals surface area contributed by atoms with Crippen LogP contribution in [0.5, 0.6) is 0 Å². The molecule has 0 fully saturated rings. The van der Waals surface area contributed by atoms with Crippen LogP contribution in [-0.4, -0.2) is 6.54 Å². The van der Waals surface area contributed by atoms with Gasteiger partial charge in [0.05, 0.1) is 5.56 Å². The Morgan fingerprint density at radius 1 is 1.29 bits per heavy atom. The molecule has 1 aromatic carbocycles. The van der Waals surface area contributed by atoms with Gasteiger partial charge in [-0.2, -0.15) is 13.2 Å². The standard InChI is InChI=1S/C13H16F3N/c1-9(2)11(8-17)7-10-5-3-4-6-12(10)13(14,15)16/h3-7,9H,8,17H2,1-2H3. The van der Waals surface area contributed by atoms with E-state index in [0.29, 0.717) is 0 Å². The number of nitrogens with two attached hydrogens (primary N) is 1. The van der Waals surface area contributed by atoms with Crippen molar-refractivity contribution < 1.29 is 13.2 Å². The summed E-state index contributed by atoms with van der Waals surface area (Å²) in [5.41, 5.74) is 5.89. The SMILES string of the molecule is CC(C)C(=Cc1ccccc1C(F)(F)F)CN. The summed E-state index contributed by atoms with van der Waals surface area (Å²) < 4.78 is 38.2. The molecule has 0 bridgehead atoms. The quantitative estimate of drug-likeness (QED) is 0.860. The third kappa shape index (κ3) is 3.60. The van der Waals surface area contributed by atoms with Crippen LogP contribution in [0.4, 0.5) is 13.2 Å². The highest BCUT2D eigenvalue weighted by Crippen LogP contribution is 2.33. The maximum atomic E-state index is 12.7. The highest BCUT2D eigenvalue weighted by molar-refractivity contribution is 5.58. The Kier molecular flexibility index (Phi) is 4.34. The molecular weight excluding hydrogens is 227 g/mol. The van der Waals surface area contributed by atoms with Crippen molar-refractivity contribution in [3.05, 3.63) is 41.0 Å². The van der Waals surface area contributed by atoms with Gasteiger partial charge in [-0.15, -0.1) is 0 Å². The Morgan fingerprint density at radius 2 is 1.88 bits per heavy atom. The zero-order valence-electron chi connectivity index (χ0n) is 9.88. The minimum atomic E-state index is -4.33. The Morgan fingerprint density at radius 3 is 2.35 bits per heavy atom. The lowest BCUT2D eigenvalue weighted by Gasteiger charge is -2.13. The summed E-state index contributed by atoms with van der Waals surface area (Å²) >= 11 is 0. The smallest absolute Gasteiger partial charge is 0.327 e. The lowest BCUT2D eigenvalue weighted by atomic mass is 9.98. The van der Waals surface area contributed by atoms with Gasteiger partial charge in [-0.25, -0.2) is 0 Å². The van der Waals surface area contributed by atoms with Gasteiger partial charge < -0.3 is 5.73 Å². The largest absolute Gasteiger partial charge is 0.416 e. The summed E-state index contributed by atoms with van der Waals surface area (Å²) in [6, 6.07) is 5.52. The second kappa shape index (κ2) is 5.36. The minimum absolute atomic E-state index is 0.140. The second-order valence-electron chi connectivity index (χ2n) is 4.16. The molecule has 0 aliphatic heterocycles. The fraction of sp³-hybridized carbons (Fsp3) is 0.385. The van der Waals surface area contributed by atoms with Crippen LogP contribution in [0, 0.1) is 5.92 Å². The first-order chi connectivity index (χ1) is 7.86. The lowest BCUT2D eigenvalue weighted by Crippen LogP contribution is -2.10. The number of hydrogen-bond acceptors (Lipinski definition) is 1. The van der Waals surface area contributed by atoms with E-state index in [1.165, 1.54) is 18.2 Å². The van der Waals surface area contributed by atoms with E-state index >= 15 is 0 Å². The molecule has 0 atom stereocenters. The monoisotopic (exact) mass is 243 g/mol. The van der Waals surface area contributed by atoms with Gasteiger partial charge in [-0.05, 0) is 17.5 Å². The maximum Gasteiger partial charge on any atom is 0.416 e. The van der Waals surface area contributed by atoms with E-state index < -0.39 is 11.7 Å². The van der Waals surface area contributed by atoms with Gasteiger partial charge in [0.1, 0.15) is 0 Å². The minimum Gasteiger partial charge on any atom is -0.327 e. The maximum absolute atomic E-state index is 12.7. The molecule has 1 rings (SSSR count). The molecule has 0 spiro atoms. The van der Waals surface area contributed by atoms with E-state index in [1.54, 1.807) is 6.07 Å². The van der Waals surface area contributed by atoms with Gasteiger partial charge in [-0.3, -0.25) is 0 Å². The van der Waals surface area contributed by atoms with Crippen LogP contribution in [0.25, 0.3) is 6.08 Å². The zero-order valence-corrected chi connectivity index (χ0v) is 9.88. The number of alkyl halides is 3. The number of halogens is 3. The summed E-state index contributed by atoms with van der Waals surface area (Å²) in [5.74, 6) is 0.140. The number of benzene rings is 1. The van der Waals surface area contributed by atoms with Crippen molar-refractivity contribution >= 4 is 6.08 Å². The summed E-state index contributed by atoms with van der Waals surface area (Å²) in [6.45, 7) is 4.09. The van der Waals surface area contributed by atoms with Crippen LogP contribution >= 0.6 is 0 Å². The summed E-state index contributed by atoms with van der Waals surface area (Å²) in [6.07, 6.45) is -2.79. The normalized spacial score (nSPS) is 13.2. The van der Waals surface area contributed by atoms with Gasteiger partial charge >= 0.3 is 6.18 Å². The summed E-state index contributed by atoms with van der Waals surface area (Å²) in [4.78, 5) is 0. The fourth-order valence-corrected chi connectivity index (χ4v) is 1.54. The van der Waals surface area contributed by atoms with Crippen molar-refractivity contribution in [3.8, 4) is 0 Å². The molecule has 2 N–H and O–H groups in total. The highest BCUT2D eigenvalue weighted by Gasteiger charge is 2.32. The molecule has 4 heteroatoms. The van der Waals surface area contributed by atoms with Crippen molar-refractivity contribution in [1.29, 1.82) is 0 Å². The van der Waals surface area contributed by atoms with E-state index in [9.17, 15) is 13.2 Å². The van der Waals surface area contributed by atoms with Crippen LogP contribution in [0.1, 0.15) is 25.0 Å². The molecule has 0 amide bonds. The Hall–Kier alpha value is -1.29. The molecule has 0 heterocycles. The molecule has 17 heavy (non-hydrogen) atoms. The van der Waals surface area contributed by atoms with Gasteiger partial charge in [-0.1, -0.05) is 43.7 Å². The molecule has 0 aliphatic carbocycles. The predicted molar refractivity (Wildman–Crippen MR) is 63.3 cm³/mol. The molecule has 1 aromatic rings. The third-order valence-electron chi connectivity index (χ3n) is 2.58. The average Bonchev–Trinajstić information content (AvgIpc) is 2.24. The van der Waals surface area contributed by atoms with Crippen molar-refractivity contribution in [2.75, 3.05) is 6.54 Å². The fourth-order valence-electron chi connectivity index (χ4n) is 1.54. The predicted octanol–water partition coefficient (Wildman–Crippen LogP) is 3.70. The second-order valence-corrected chi connectivity index (χ2v) is 4.16. The molecule has 0 aliphatic rings. The first kappa shape index (κ1) is 13.8. The molecule has 1 nitrogen and oxygen atoms in total. The summed E-state index contributed by atoms with van der Waals surface area (Å²) in [5, 5.41) is 0. The molecule has 0 unspecified atom stereocenters. The first-order valence-electron chi connectivity index (χ1n) is 5.43. The van der Waals surface area contributed by atoms with E-state index in [-0.39, 0.29) is 18.0 Å². The third-order valence-corrected chi connectivity index (χ3v) is 2.58. The number of rotatable bonds is 3. The Bertz CT molecular complexity index is 405. The molecule has 0 saturated carbocycles.